The van der Waals surface area contributed by atoms with E-state index in [1.807, 2.05) is 78.9 Å². The largest absolute Gasteiger partial charge is 0.454 e. The van der Waals surface area contributed by atoms with E-state index in [0.717, 1.165) is 72.2 Å². The summed E-state index contributed by atoms with van der Waals surface area (Å²) in [6.07, 6.45) is 0. The summed E-state index contributed by atoms with van der Waals surface area (Å²) < 4.78 is 22.2. The summed E-state index contributed by atoms with van der Waals surface area (Å²) in [7, 11) is 0. The van der Waals surface area contributed by atoms with Crippen LogP contribution in [0.4, 0.5) is 21.5 Å². The smallest absolute Gasteiger partial charge is 0.159 e. The Bertz CT molecular complexity index is 2610. The van der Waals surface area contributed by atoms with Crippen molar-refractivity contribution in [2.45, 2.75) is 0 Å². The minimum absolute atomic E-state index is 0.231. The molecule has 0 saturated heterocycles. The number of furan rings is 1. The fourth-order valence-electron chi connectivity index (χ4n) is 7.06. The second kappa shape index (κ2) is 12.0. The Balaban J connectivity index is 1.24. The third-order valence-corrected chi connectivity index (χ3v) is 9.35. The average molecular weight is 632 g/mol. The Labute approximate surface area is 283 Å². The van der Waals surface area contributed by atoms with Gasteiger partial charge in [0.15, 0.2) is 5.58 Å². The molecule has 0 N–H and O–H groups in total. The molecule has 0 aliphatic heterocycles. The molecule has 0 spiro atoms. The number of fused-ring (bicyclic) bond motifs is 4. The van der Waals surface area contributed by atoms with Crippen LogP contribution in [0, 0.1) is 5.82 Å². The molecule has 0 aliphatic carbocycles. The van der Waals surface area contributed by atoms with E-state index in [0.29, 0.717) is 5.39 Å². The van der Waals surface area contributed by atoms with Crippen LogP contribution < -0.4 is 4.90 Å². The van der Waals surface area contributed by atoms with Gasteiger partial charge in [-0.25, -0.2) is 4.39 Å². The van der Waals surface area contributed by atoms with E-state index in [1.54, 1.807) is 6.07 Å². The van der Waals surface area contributed by atoms with Gasteiger partial charge < -0.3 is 9.32 Å². The fraction of sp³-hybridized carbons (Fsp3) is 0. The Kier molecular flexibility index (Phi) is 7.02. The Morgan fingerprint density at radius 2 is 1.04 bits per heavy atom. The molecule has 0 fully saturated rings. The lowest BCUT2D eigenvalue weighted by atomic mass is 9.92. The molecular formula is C46H30FNO. The normalized spacial score (nSPS) is 11.4. The molecule has 0 unspecified atom stereocenters. The number of anilines is 3. The third-order valence-electron chi connectivity index (χ3n) is 9.35. The van der Waals surface area contributed by atoms with Crippen molar-refractivity contribution in [3.63, 3.8) is 0 Å². The molecule has 8 aromatic carbocycles. The van der Waals surface area contributed by atoms with Crippen LogP contribution in [-0.2, 0) is 0 Å². The quantitative estimate of drug-likeness (QED) is 0.182. The Hall–Kier alpha value is -6.45. The summed E-state index contributed by atoms with van der Waals surface area (Å²) in [5.41, 5.74) is 10.7. The predicted molar refractivity (Wildman–Crippen MR) is 202 cm³/mol. The molecule has 0 aliphatic rings. The van der Waals surface area contributed by atoms with Crippen molar-refractivity contribution in [3.8, 4) is 33.4 Å². The molecular weight excluding hydrogens is 602 g/mol. The van der Waals surface area contributed by atoms with Crippen molar-refractivity contribution in [1.82, 2.24) is 0 Å². The maximum Gasteiger partial charge on any atom is 0.159 e. The van der Waals surface area contributed by atoms with Gasteiger partial charge in [-0.15, -0.1) is 0 Å². The lowest BCUT2D eigenvalue weighted by Crippen LogP contribution is -2.10. The second-order valence-corrected chi connectivity index (χ2v) is 12.2. The number of nitrogens with zero attached hydrogens (tertiary/aromatic N) is 1. The minimum atomic E-state index is -0.231. The summed E-state index contributed by atoms with van der Waals surface area (Å²) in [4.78, 5) is 2.25. The molecule has 0 amide bonds. The number of benzene rings is 8. The molecule has 3 heteroatoms. The highest BCUT2D eigenvalue weighted by Gasteiger charge is 2.20. The van der Waals surface area contributed by atoms with Crippen LogP contribution in [0.5, 0.6) is 0 Å². The van der Waals surface area contributed by atoms with Gasteiger partial charge in [0, 0.05) is 27.5 Å². The molecule has 0 bridgehead atoms. The zero-order valence-electron chi connectivity index (χ0n) is 26.6. The van der Waals surface area contributed by atoms with E-state index < -0.39 is 0 Å². The summed E-state index contributed by atoms with van der Waals surface area (Å²) in [6.45, 7) is 0. The summed E-state index contributed by atoms with van der Waals surface area (Å²) in [5.74, 6) is -0.231. The van der Waals surface area contributed by atoms with Crippen molar-refractivity contribution in [1.29, 1.82) is 0 Å². The second-order valence-electron chi connectivity index (χ2n) is 12.2. The first-order valence-electron chi connectivity index (χ1n) is 16.5. The van der Waals surface area contributed by atoms with Crippen molar-refractivity contribution in [2.24, 2.45) is 0 Å². The highest BCUT2D eigenvalue weighted by atomic mass is 19.1. The highest BCUT2D eigenvalue weighted by molar-refractivity contribution is 6.10. The average Bonchev–Trinajstić information content (AvgIpc) is 3.56. The van der Waals surface area contributed by atoms with Crippen LogP contribution in [0.25, 0.3) is 66.1 Å². The number of hydrogen-bond acceptors (Lipinski definition) is 2. The van der Waals surface area contributed by atoms with E-state index >= 15 is 4.39 Å². The Morgan fingerprint density at radius 3 is 1.86 bits per heavy atom. The van der Waals surface area contributed by atoms with Crippen LogP contribution in [0.1, 0.15) is 0 Å². The predicted octanol–water partition coefficient (Wildman–Crippen LogP) is 13.3. The maximum atomic E-state index is 15.7. The Morgan fingerprint density at radius 1 is 0.408 bits per heavy atom. The lowest BCUT2D eigenvalue weighted by Gasteiger charge is -2.26. The molecule has 232 valence electrons. The van der Waals surface area contributed by atoms with Gasteiger partial charge in [-0.05, 0) is 81.2 Å². The van der Waals surface area contributed by atoms with Gasteiger partial charge in [0.25, 0.3) is 0 Å². The van der Waals surface area contributed by atoms with Crippen LogP contribution in [0.2, 0.25) is 0 Å². The number of halogens is 1. The summed E-state index contributed by atoms with van der Waals surface area (Å²) in [5, 5.41) is 3.64. The van der Waals surface area contributed by atoms with E-state index in [2.05, 4.69) is 102 Å². The van der Waals surface area contributed by atoms with Gasteiger partial charge in [0.1, 0.15) is 11.4 Å². The molecule has 49 heavy (non-hydrogen) atoms. The van der Waals surface area contributed by atoms with E-state index in [4.69, 9.17) is 4.42 Å². The first-order valence-corrected chi connectivity index (χ1v) is 16.5. The highest BCUT2D eigenvalue weighted by Crippen LogP contribution is 2.44. The lowest BCUT2D eigenvalue weighted by molar-refractivity contribution is 0.640. The van der Waals surface area contributed by atoms with Gasteiger partial charge in [0.05, 0.1) is 5.69 Å². The molecule has 2 nitrogen and oxygen atoms in total. The number of hydrogen-bond donors (Lipinski definition) is 0. The van der Waals surface area contributed by atoms with E-state index in [1.165, 1.54) is 5.56 Å². The van der Waals surface area contributed by atoms with Crippen LogP contribution in [0.15, 0.2) is 186 Å². The first kappa shape index (κ1) is 28.7. The third kappa shape index (κ3) is 5.04. The minimum Gasteiger partial charge on any atom is -0.454 e. The fourth-order valence-corrected chi connectivity index (χ4v) is 7.06. The van der Waals surface area contributed by atoms with Crippen molar-refractivity contribution in [2.75, 3.05) is 4.90 Å². The summed E-state index contributed by atoms with van der Waals surface area (Å²) in [6, 6.07) is 61.6. The number of rotatable bonds is 6. The standard InChI is InChI=1S/C46H30FNO/c47-42-29-28-37(40-20-10-19-38(45(40)42)33-14-5-2-6-15-33)34-16-9-17-36(30-34)48(35-26-24-32(25-27-35)31-12-3-1-4-13-31)43-22-11-21-41-39-18-7-8-23-44(39)49-46(41)43/h1-30H. The topological polar surface area (TPSA) is 16.4 Å². The SMILES string of the molecule is Fc1ccc(-c2cccc(N(c3ccc(-c4ccccc4)cc3)c3cccc4c3oc3ccccc34)c2)c2cccc(-c3ccccc3)c12. The monoisotopic (exact) mass is 631 g/mol. The molecule has 0 atom stereocenters. The molecule has 9 rings (SSSR count). The number of para-hydroxylation sites is 2. The van der Waals surface area contributed by atoms with E-state index in [9.17, 15) is 0 Å². The van der Waals surface area contributed by atoms with Crippen molar-refractivity contribution in [3.05, 3.63) is 188 Å². The molecule has 0 saturated carbocycles. The van der Waals surface area contributed by atoms with Gasteiger partial charge in [-0.3, -0.25) is 0 Å². The van der Waals surface area contributed by atoms with Gasteiger partial charge in [-0.2, -0.15) is 0 Å². The van der Waals surface area contributed by atoms with Crippen LogP contribution in [0.3, 0.4) is 0 Å². The molecule has 1 heterocycles. The first-order chi connectivity index (χ1) is 24.2. The maximum absolute atomic E-state index is 15.7. The molecule has 1 aromatic heterocycles. The zero-order valence-corrected chi connectivity index (χ0v) is 26.6. The van der Waals surface area contributed by atoms with Crippen LogP contribution in [-0.4, -0.2) is 0 Å². The van der Waals surface area contributed by atoms with Crippen molar-refractivity contribution >= 4 is 49.8 Å². The molecule has 0 radical (unpaired) electrons. The van der Waals surface area contributed by atoms with Crippen molar-refractivity contribution < 1.29 is 8.81 Å². The zero-order chi connectivity index (χ0) is 32.7. The van der Waals surface area contributed by atoms with Crippen LogP contribution >= 0.6 is 0 Å². The molecule has 9 aromatic rings. The summed E-state index contributed by atoms with van der Waals surface area (Å²) >= 11 is 0. The van der Waals surface area contributed by atoms with Gasteiger partial charge in [-0.1, -0.05) is 140 Å². The van der Waals surface area contributed by atoms with E-state index in [-0.39, 0.29) is 5.82 Å². The van der Waals surface area contributed by atoms with Gasteiger partial charge in [0.2, 0.25) is 0 Å². The van der Waals surface area contributed by atoms with Gasteiger partial charge >= 0.3 is 0 Å².